The van der Waals surface area contributed by atoms with Crippen molar-refractivity contribution in [1.29, 1.82) is 0 Å². The first-order valence-corrected chi connectivity index (χ1v) is 4.40. The zero-order valence-electron chi connectivity index (χ0n) is 8.49. The van der Waals surface area contributed by atoms with Crippen LogP contribution in [0.4, 0.5) is 17.6 Å². The average molecular weight is 235 g/mol. The Labute approximate surface area is 89.6 Å². The third-order valence-electron chi connectivity index (χ3n) is 1.73. The lowest BCUT2D eigenvalue weighted by Gasteiger charge is -2.08. The third kappa shape index (κ3) is 2.71. The number of hydrogen-bond acceptors (Lipinski definition) is 2. The molecule has 6 heteroatoms. The van der Waals surface area contributed by atoms with Gasteiger partial charge in [-0.05, 0) is 6.92 Å². The normalized spacial score (nSPS) is 10.3. The molecule has 1 aromatic rings. The van der Waals surface area contributed by atoms with Crippen molar-refractivity contribution in [3.8, 4) is 5.75 Å². The number of pyridine rings is 1. The maximum Gasteiger partial charge on any atom is 0.255 e. The van der Waals surface area contributed by atoms with Crippen LogP contribution >= 0.6 is 0 Å². The summed E-state index contributed by atoms with van der Waals surface area (Å²) in [7, 11) is 0. The summed E-state index contributed by atoms with van der Waals surface area (Å²) in [6.07, 6.45) is 0.324. The van der Waals surface area contributed by atoms with Gasteiger partial charge >= 0.3 is 0 Å². The molecule has 1 heterocycles. The van der Waals surface area contributed by atoms with Gasteiger partial charge in [0.2, 0.25) is 11.6 Å². The third-order valence-corrected chi connectivity index (χ3v) is 1.73. The van der Waals surface area contributed by atoms with E-state index in [9.17, 15) is 17.6 Å². The predicted molar refractivity (Wildman–Crippen MR) is 49.0 cm³/mol. The Morgan fingerprint density at radius 1 is 1.19 bits per heavy atom. The van der Waals surface area contributed by atoms with Crippen molar-refractivity contribution in [1.82, 2.24) is 4.98 Å². The van der Waals surface area contributed by atoms with Gasteiger partial charge in [0, 0.05) is 6.42 Å². The van der Waals surface area contributed by atoms with Crippen LogP contribution in [0.1, 0.15) is 13.3 Å². The molecule has 0 aliphatic rings. The lowest BCUT2D eigenvalue weighted by Crippen LogP contribution is -2.07. The summed E-state index contributed by atoms with van der Waals surface area (Å²) < 4.78 is 55.8. The second-order valence-electron chi connectivity index (χ2n) is 3.21. The average Bonchev–Trinajstić information content (AvgIpc) is 2.20. The molecule has 0 atom stereocenters. The van der Waals surface area contributed by atoms with E-state index in [-0.39, 0.29) is 6.61 Å². The Morgan fingerprint density at radius 2 is 1.69 bits per heavy atom. The first-order chi connectivity index (χ1) is 7.43. The van der Waals surface area contributed by atoms with Crippen LogP contribution in [0.5, 0.6) is 5.75 Å². The largest absolute Gasteiger partial charge is 0.487 e. The highest BCUT2D eigenvalue weighted by molar-refractivity contribution is 5.24. The van der Waals surface area contributed by atoms with E-state index in [4.69, 9.17) is 0 Å². The van der Waals surface area contributed by atoms with Crippen molar-refractivity contribution in [2.45, 2.75) is 13.3 Å². The quantitative estimate of drug-likeness (QED) is 0.454. The molecule has 1 aromatic heterocycles. The zero-order chi connectivity index (χ0) is 12.3. The maximum absolute atomic E-state index is 13.0. The van der Waals surface area contributed by atoms with E-state index in [0.717, 1.165) is 5.57 Å². The van der Waals surface area contributed by atoms with Crippen LogP contribution in [-0.4, -0.2) is 11.6 Å². The van der Waals surface area contributed by atoms with E-state index >= 15 is 0 Å². The minimum Gasteiger partial charge on any atom is -0.487 e. The van der Waals surface area contributed by atoms with E-state index in [1.54, 1.807) is 6.92 Å². The minimum absolute atomic E-state index is 0.119. The molecule has 0 saturated carbocycles. The standard InChI is InChI=1S/C10H9F4NO/c1-5(2)3-4-16-8-6(11)9(13)15-10(14)7(8)12/h1,3-4H2,2H3. The second-order valence-corrected chi connectivity index (χ2v) is 3.21. The number of rotatable bonds is 4. The lowest BCUT2D eigenvalue weighted by atomic mass is 10.3. The van der Waals surface area contributed by atoms with Crippen LogP contribution in [0.3, 0.4) is 0 Å². The first kappa shape index (κ1) is 12.5. The Balaban J connectivity index is 2.90. The Hall–Kier alpha value is -1.59. The van der Waals surface area contributed by atoms with Gasteiger partial charge in [-0.1, -0.05) is 5.57 Å². The molecule has 0 aliphatic carbocycles. The van der Waals surface area contributed by atoms with Crippen LogP contribution in [0, 0.1) is 23.5 Å². The molecule has 2 nitrogen and oxygen atoms in total. The molecule has 0 radical (unpaired) electrons. The highest BCUT2D eigenvalue weighted by Gasteiger charge is 2.21. The fraction of sp³-hybridized carbons (Fsp3) is 0.300. The van der Waals surface area contributed by atoms with Crippen LogP contribution in [0.2, 0.25) is 0 Å². The van der Waals surface area contributed by atoms with Crippen molar-refractivity contribution in [2.24, 2.45) is 0 Å². The SMILES string of the molecule is C=C(C)CCOc1c(F)c(F)nc(F)c1F. The molecular weight excluding hydrogens is 226 g/mol. The van der Waals surface area contributed by atoms with Crippen molar-refractivity contribution >= 4 is 0 Å². The number of hydrogen-bond donors (Lipinski definition) is 0. The van der Waals surface area contributed by atoms with Gasteiger partial charge in [-0.15, -0.1) is 6.58 Å². The highest BCUT2D eigenvalue weighted by Crippen LogP contribution is 2.24. The number of halogens is 4. The van der Waals surface area contributed by atoms with Crippen LogP contribution in [0.25, 0.3) is 0 Å². The van der Waals surface area contributed by atoms with Crippen molar-refractivity contribution < 1.29 is 22.3 Å². The maximum atomic E-state index is 13.0. The van der Waals surface area contributed by atoms with Crippen molar-refractivity contribution in [2.75, 3.05) is 6.61 Å². The zero-order valence-corrected chi connectivity index (χ0v) is 8.49. The summed E-state index contributed by atoms with van der Waals surface area (Å²) in [6.45, 7) is 5.10. The molecule has 0 fully saturated rings. The van der Waals surface area contributed by atoms with E-state index in [1.165, 1.54) is 0 Å². The fourth-order valence-corrected chi connectivity index (χ4v) is 0.922. The summed E-state index contributed by atoms with van der Waals surface area (Å²) in [5, 5.41) is 0. The summed E-state index contributed by atoms with van der Waals surface area (Å²) >= 11 is 0. The molecular formula is C10H9F4NO. The second kappa shape index (κ2) is 4.96. The number of ether oxygens (including phenoxy) is 1. The van der Waals surface area contributed by atoms with Gasteiger partial charge in [0.15, 0.2) is 5.75 Å². The molecule has 0 spiro atoms. The van der Waals surface area contributed by atoms with Gasteiger partial charge in [0.1, 0.15) is 0 Å². The van der Waals surface area contributed by atoms with Gasteiger partial charge < -0.3 is 4.74 Å². The van der Waals surface area contributed by atoms with E-state index in [0.29, 0.717) is 6.42 Å². The smallest absolute Gasteiger partial charge is 0.255 e. The van der Waals surface area contributed by atoms with Gasteiger partial charge in [-0.2, -0.15) is 22.5 Å². The molecule has 0 bridgehead atoms. The van der Waals surface area contributed by atoms with E-state index < -0.39 is 29.3 Å². The lowest BCUT2D eigenvalue weighted by molar-refractivity contribution is 0.267. The molecule has 0 amide bonds. The Morgan fingerprint density at radius 3 is 2.12 bits per heavy atom. The van der Waals surface area contributed by atoms with E-state index in [2.05, 4.69) is 16.3 Å². The molecule has 0 aromatic carbocycles. The molecule has 88 valence electrons. The van der Waals surface area contributed by atoms with Crippen LogP contribution < -0.4 is 4.74 Å². The number of aromatic nitrogens is 1. The molecule has 0 saturated heterocycles. The van der Waals surface area contributed by atoms with Gasteiger partial charge in [-0.25, -0.2) is 0 Å². The van der Waals surface area contributed by atoms with Crippen LogP contribution in [-0.2, 0) is 0 Å². The monoisotopic (exact) mass is 235 g/mol. The summed E-state index contributed by atoms with van der Waals surface area (Å²) in [4.78, 5) is 2.40. The molecule has 0 N–H and O–H groups in total. The topological polar surface area (TPSA) is 22.1 Å². The predicted octanol–water partition coefficient (Wildman–Crippen LogP) is 2.98. The molecule has 1 rings (SSSR count). The van der Waals surface area contributed by atoms with Gasteiger partial charge in [0.25, 0.3) is 11.9 Å². The molecule has 0 aliphatic heterocycles. The minimum atomic E-state index is -1.73. The van der Waals surface area contributed by atoms with E-state index in [1.807, 2.05) is 0 Å². The Bertz CT molecular complexity index is 394. The summed E-state index contributed by atoms with van der Waals surface area (Å²) in [6, 6.07) is 0. The highest BCUT2D eigenvalue weighted by atomic mass is 19.2. The van der Waals surface area contributed by atoms with Crippen molar-refractivity contribution in [3.05, 3.63) is 35.7 Å². The van der Waals surface area contributed by atoms with Gasteiger partial charge in [-0.3, -0.25) is 0 Å². The van der Waals surface area contributed by atoms with Gasteiger partial charge in [0.05, 0.1) is 6.61 Å². The first-order valence-electron chi connectivity index (χ1n) is 4.40. The van der Waals surface area contributed by atoms with Crippen molar-refractivity contribution in [3.63, 3.8) is 0 Å². The summed E-state index contributed by atoms with van der Waals surface area (Å²) in [5.41, 5.74) is 0.718. The summed E-state index contributed by atoms with van der Waals surface area (Å²) in [5.74, 6) is -7.83. The molecule has 0 unspecified atom stereocenters. The molecule has 16 heavy (non-hydrogen) atoms. The Kier molecular flexibility index (Phi) is 3.87. The van der Waals surface area contributed by atoms with Crippen LogP contribution in [0.15, 0.2) is 12.2 Å². The fourth-order valence-electron chi connectivity index (χ4n) is 0.922. The number of nitrogens with zero attached hydrogens (tertiary/aromatic N) is 1.